The zero-order chi connectivity index (χ0) is 6.57. The van der Waals surface area contributed by atoms with Crippen molar-refractivity contribution < 1.29 is 0 Å². The van der Waals surface area contributed by atoms with E-state index in [1.54, 1.807) is 0 Å². The summed E-state index contributed by atoms with van der Waals surface area (Å²) >= 11 is 6.03. The monoisotopic (exact) mass is 148 g/mol. The molecule has 0 aromatic carbocycles. The van der Waals surface area contributed by atoms with E-state index in [9.17, 15) is 0 Å². The molecule has 8 heavy (non-hydrogen) atoms. The van der Waals surface area contributed by atoms with Gasteiger partial charge in [0.15, 0.2) is 0 Å². The Kier molecular flexibility index (Phi) is 4.57. The van der Waals surface area contributed by atoms with Gasteiger partial charge in [0.05, 0.1) is 0 Å². The van der Waals surface area contributed by atoms with Gasteiger partial charge in [-0.25, -0.2) is 0 Å². The van der Waals surface area contributed by atoms with Gasteiger partial charge in [-0.15, -0.1) is 24.4 Å². The molecule has 0 unspecified atom stereocenters. The molecule has 0 bridgehead atoms. The van der Waals surface area contributed by atoms with Crippen molar-refractivity contribution in [3.05, 3.63) is 9.81 Å². The molecule has 0 radical (unpaired) electrons. The second-order valence-corrected chi connectivity index (χ2v) is 3.72. The molecule has 48 valence electrons. The largest absolute Gasteiger partial charge is 0.147 e. The maximum atomic E-state index is 4.19. The molecular weight excluding hydrogens is 136 g/mol. The Bertz CT molecular complexity index is 90.7. The second-order valence-electron chi connectivity index (χ2n) is 1.57. The summed E-state index contributed by atoms with van der Waals surface area (Å²) in [6, 6.07) is 0. The first-order valence-electron chi connectivity index (χ1n) is 2.67. The third kappa shape index (κ3) is 3.44. The first-order chi connectivity index (χ1) is 3.68. The first kappa shape index (κ1) is 8.44. The third-order valence-corrected chi connectivity index (χ3v) is 2.38. The minimum Gasteiger partial charge on any atom is -0.147 e. The lowest BCUT2D eigenvalue weighted by atomic mass is 10.6. The predicted octanol–water partition coefficient (Wildman–Crippen LogP) is 2.92. The topological polar surface area (TPSA) is 0 Å². The van der Waals surface area contributed by atoms with Crippen LogP contribution < -0.4 is 0 Å². The van der Waals surface area contributed by atoms with Gasteiger partial charge < -0.3 is 0 Å². The van der Waals surface area contributed by atoms with E-state index in [2.05, 4.69) is 26.5 Å². The van der Waals surface area contributed by atoms with Gasteiger partial charge in [0.2, 0.25) is 0 Å². The van der Waals surface area contributed by atoms with E-state index < -0.39 is 0 Å². The SMILES string of the molecule is CCS/C(C)=C(/C)S. The Balaban J connectivity index is 3.62. The zero-order valence-corrected chi connectivity index (χ0v) is 7.27. The van der Waals surface area contributed by atoms with Gasteiger partial charge in [-0.2, -0.15) is 0 Å². The van der Waals surface area contributed by atoms with Crippen molar-refractivity contribution in [2.45, 2.75) is 20.8 Å². The zero-order valence-electron chi connectivity index (χ0n) is 5.56. The van der Waals surface area contributed by atoms with E-state index in [0.717, 1.165) is 10.7 Å². The highest BCUT2D eigenvalue weighted by Crippen LogP contribution is 2.19. The van der Waals surface area contributed by atoms with Crippen LogP contribution in [0.1, 0.15) is 20.8 Å². The molecule has 0 amide bonds. The molecule has 0 aliphatic carbocycles. The van der Waals surface area contributed by atoms with Crippen LogP contribution in [0.25, 0.3) is 0 Å². The summed E-state index contributed by atoms with van der Waals surface area (Å²) in [5, 5.41) is 0. The van der Waals surface area contributed by atoms with Gasteiger partial charge in [-0.05, 0) is 29.4 Å². The van der Waals surface area contributed by atoms with Crippen molar-refractivity contribution in [1.82, 2.24) is 0 Å². The molecule has 0 N–H and O–H groups in total. The Labute approximate surface area is 61.2 Å². The number of thioether (sulfide) groups is 1. The van der Waals surface area contributed by atoms with Crippen LogP contribution in [0.2, 0.25) is 0 Å². The molecule has 0 aliphatic rings. The number of hydrogen-bond acceptors (Lipinski definition) is 2. The molecule has 0 spiro atoms. The number of hydrogen-bond donors (Lipinski definition) is 1. The van der Waals surface area contributed by atoms with Crippen LogP contribution in [0.3, 0.4) is 0 Å². The van der Waals surface area contributed by atoms with Gasteiger partial charge >= 0.3 is 0 Å². The lowest BCUT2D eigenvalue weighted by Gasteiger charge is -1.97. The molecule has 0 fully saturated rings. The van der Waals surface area contributed by atoms with Crippen molar-refractivity contribution in [3.8, 4) is 0 Å². The lowest BCUT2D eigenvalue weighted by molar-refractivity contribution is 1.50. The minimum absolute atomic E-state index is 1.14. The fraction of sp³-hybridized carbons (Fsp3) is 0.667. The van der Waals surface area contributed by atoms with E-state index in [1.165, 1.54) is 4.91 Å². The normalized spacial score (nSPS) is 13.5. The molecule has 0 saturated heterocycles. The fourth-order valence-electron chi connectivity index (χ4n) is 0.321. The highest BCUT2D eigenvalue weighted by molar-refractivity contribution is 8.03. The molecule has 0 atom stereocenters. The standard InChI is InChI=1S/C6H12S2/c1-4-8-6(3)5(2)7/h7H,4H2,1-3H3/b6-5-. The van der Waals surface area contributed by atoms with E-state index in [-0.39, 0.29) is 0 Å². The van der Waals surface area contributed by atoms with Crippen LogP contribution in [0.5, 0.6) is 0 Å². The van der Waals surface area contributed by atoms with Gasteiger partial charge in [-0.3, -0.25) is 0 Å². The van der Waals surface area contributed by atoms with Crippen molar-refractivity contribution >= 4 is 24.4 Å². The lowest BCUT2D eigenvalue weighted by Crippen LogP contribution is -1.70. The Hall–Kier alpha value is 0.440. The number of allylic oxidation sites excluding steroid dienone is 2. The maximum absolute atomic E-state index is 4.19. The average molecular weight is 148 g/mol. The Morgan fingerprint density at radius 2 is 2.00 bits per heavy atom. The summed E-state index contributed by atoms with van der Waals surface area (Å²) in [7, 11) is 0. The predicted molar refractivity (Wildman–Crippen MR) is 45.5 cm³/mol. The highest BCUT2D eigenvalue weighted by Gasteiger charge is 1.88. The minimum atomic E-state index is 1.14. The van der Waals surface area contributed by atoms with Crippen molar-refractivity contribution in [1.29, 1.82) is 0 Å². The van der Waals surface area contributed by atoms with Crippen molar-refractivity contribution in [3.63, 3.8) is 0 Å². The van der Waals surface area contributed by atoms with Gasteiger partial charge in [0.1, 0.15) is 0 Å². The molecule has 0 heterocycles. The number of rotatable bonds is 2. The molecule has 0 saturated carbocycles. The van der Waals surface area contributed by atoms with Crippen LogP contribution in [0, 0.1) is 0 Å². The maximum Gasteiger partial charge on any atom is -0.00515 e. The smallest absolute Gasteiger partial charge is 0.00515 e. The summed E-state index contributed by atoms with van der Waals surface area (Å²) in [6.45, 7) is 6.25. The molecule has 0 aromatic rings. The van der Waals surface area contributed by atoms with E-state index >= 15 is 0 Å². The van der Waals surface area contributed by atoms with Crippen LogP contribution in [0.15, 0.2) is 9.81 Å². The first-order valence-corrected chi connectivity index (χ1v) is 4.11. The van der Waals surface area contributed by atoms with E-state index in [4.69, 9.17) is 0 Å². The molecule has 0 nitrogen and oxygen atoms in total. The van der Waals surface area contributed by atoms with Gasteiger partial charge in [0.25, 0.3) is 0 Å². The van der Waals surface area contributed by atoms with E-state index in [1.807, 2.05) is 18.7 Å². The van der Waals surface area contributed by atoms with Gasteiger partial charge in [-0.1, -0.05) is 6.92 Å². The Morgan fingerprint density at radius 1 is 1.50 bits per heavy atom. The molecule has 0 aromatic heterocycles. The van der Waals surface area contributed by atoms with Crippen LogP contribution in [-0.2, 0) is 0 Å². The average Bonchev–Trinajstić information content (AvgIpc) is 1.67. The molecule has 0 rings (SSSR count). The summed E-state index contributed by atoms with van der Waals surface area (Å²) in [5.74, 6) is 1.14. The second kappa shape index (κ2) is 4.33. The third-order valence-electron chi connectivity index (χ3n) is 0.870. The summed E-state index contributed by atoms with van der Waals surface area (Å²) in [4.78, 5) is 2.47. The molecular formula is C6H12S2. The van der Waals surface area contributed by atoms with Crippen molar-refractivity contribution in [2.75, 3.05) is 5.75 Å². The summed E-state index contributed by atoms with van der Waals surface area (Å²) < 4.78 is 0. The molecule has 2 heteroatoms. The van der Waals surface area contributed by atoms with Crippen molar-refractivity contribution in [2.24, 2.45) is 0 Å². The van der Waals surface area contributed by atoms with E-state index in [0.29, 0.717) is 0 Å². The molecule has 0 aliphatic heterocycles. The summed E-state index contributed by atoms with van der Waals surface area (Å²) in [5.41, 5.74) is 0. The van der Waals surface area contributed by atoms with Gasteiger partial charge in [0, 0.05) is 0 Å². The van der Waals surface area contributed by atoms with Crippen LogP contribution in [-0.4, -0.2) is 5.75 Å². The van der Waals surface area contributed by atoms with Crippen LogP contribution >= 0.6 is 24.4 Å². The van der Waals surface area contributed by atoms with Crippen LogP contribution in [0.4, 0.5) is 0 Å². The highest BCUT2D eigenvalue weighted by atomic mass is 32.2. The Morgan fingerprint density at radius 3 is 2.12 bits per heavy atom. The fourth-order valence-corrected chi connectivity index (χ4v) is 1.16. The summed E-state index contributed by atoms with van der Waals surface area (Å²) in [6.07, 6.45) is 0. The number of thiol groups is 1. The quantitative estimate of drug-likeness (QED) is 0.587.